The topological polar surface area (TPSA) is 99.3 Å². The smallest absolute Gasteiger partial charge is 0.315 e. The van der Waals surface area contributed by atoms with E-state index in [1.54, 1.807) is 25.1 Å². The number of amides is 2. The minimum absolute atomic E-state index is 0.0617. The molecule has 3 aromatic rings. The second kappa shape index (κ2) is 9.35. The van der Waals surface area contributed by atoms with E-state index in [9.17, 15) is 18.7 Å². The van der Waals surface area contributed by atoms with E-state index in [1.807, 2.05) is 0 Å². The molecule has 4 rings (SSSR count). The van der Waals surface area contributed by atoms with Gasteiger partial charge in [-0.2, -0.15) is 0 Å². The molecule has 0 radical (unpaired) electrons. The fraction of sp³-hybridized carbons (Fsp3) is 0.417. The number of urea groups is 1. The predicted octanol–water partition coefficient (Wildman–Crippen LogP) is 4.13. The quantitative estimate of drug-likeness (QED) is 0.446. The van der Waals surface area contributed by atoms with Crippen molar-refractivity contribution in [1.29, 1.82) is 0 Å². The molecule has 1 unspecified atom stereocenters. The van der Waals surface area contributed by atoms with E-state index in [-0.39, 0.29) is 12.5 Å². The molecule has 4 N–H and O–H groups in total. The summed E-state index contributed by atoms with van der Waals surface area (Å²) in [5.74, 6) is -0.0778. The zero-order chi connectivity index (χ0) is 23.6. The Balaban J connectivity index is 1.54. The van der Waals surface area contributed by atoms with Gasteiger partial charge in [0.05, 0.1) is 29.8 Å². The molecule has 176 valence electrons. The number of carbonyl (C=O) groups is 1. The van der Waals surface area contributed by atoms with E-state index in [0.29, 0.717) is 53.9 Å². The molecule has 0 aliphatic heterocycles. The molecule has 9 heteroatoms. The Morgan fingerprint density at radius 3 is 2.73 bits per heavy atom. The summed E-state index contributed by atoms with van der Waals surface area (Å²) in [5.41, 5.74) is 0.707. The highest BCUT2D eigenvalue weighted by atomic mass is 19.1. The molecule has 1 saturated carbocycles. The predicted molar refractivity (Wildman–Crippen MR) is 120 cm³/mol. The van der Waals surface area contributed by atoms with Gasteiger partial charge in [-0.15, -0.1) is 0 Å². The lowest BCUT2D eigenvalue weighted by Gasteiger charge is -2.33. The van der Waals surface area contributed by atoms with Gasteiger partial charge in [0.15, 0.2) is 0 Å². The average molecular weight is 459 g/mol. The molecule has 1 aromatic heterocycles. The van der Waals surface area contributed by atoms with Crippen molar-refractivity contribution in [1.82, 2.24) is 20.6 Å². The summed E-state index contributed by atoms with van der Waals surface area (Å²) in [6.07, 6.45) is 2.68. The largest absolute Gasteiger partial charge is 0.497 e. The van der Waals surface area contributed by atoms with Crippen LogP contribution in [0.2, 0.25) is 0 Å². The third kappa shape index (κ3) is 5.60. The summed E-state index contributed by atoms with van der Waals surface area (Å²) >= 11 is 0. The first-order valence-electron chi connectivity index (χ1n) is 11.0. The maximum absolute atomic E-state index is 14.6. The van der Waals surface area contributed by atoms with Gasteiger partial charge in [-0.3, -0.25) is 0 Å². The van der Waals surface area contributed by atoms with Crippen molar-refractivity contribution < 1.29 is 23.4 Å². The summed E-state index contributed by atoms with van der Waals surface area (Å²) in [5, 5.41) is 15.9. The summed E-state index contributed by atoms with van der Waals surface area (Å²) in [6, 6.07) is 7.56. The first-order valence-corrected chi connectivity index (χ1v) is 11.0. The first-order chi connectivity index (χ1) is 15.7. The van der Waals surface area contributed by atoms with Crippen LogP contribution in [0.1, 0.15) is 50.0 Å². The van der Waals surface area contributed by atoms with Crippen LogP contribution in [0.4, 0.5) is 13.6 Å². The summed E-state index contributed by atoms with van der Waals surface area (Å²) in [7, 11) is 1.46. The molecule has 1 atom stereocenters. The van der Waals surface area contributed by atoms with Gasteiger partial charge in [0, 0.05) is 18.5 Å². The standard InChI is InChI=1S/C24H28F2N4O3/c1-24(32)9-7-16(8-10-24)27-23(31)30-21(11-14-3-5-17(33-2)13-18(14)26)22-28-19-6-4-15(25)12-20(19)29-22/h3-6,12-13,16,21,32H,7-11H2,1-2H3,(H,28,29)(H2,27,30,31). The number of H-pyrrole nitrogens is 1. The van der Waals surface area contributed by atoms with Gasteiger partial charge in [0.25, 0.3) is 0 Å². The number of aromatic amines is 1. The van der Waals surface area contributed by atoms with Gasteiger partial charge in [-0.1, -0.05) is 6.07 Å². The molecule has 1 fully saturated rings. The lowest BCUT2D eigenvalue weighted by Crippen LogP contribution is -2.47. The molecule has 0 saturated heterocycles. The number of nitrogens with zero attached hydrogens (tertiary/aromatic N) is 1. The van der Waals surface area contributed by atoms with E-state index < -0.39 is 29.3 Å². The minimum atomic E-state index is -0.702. The van der Waals surface area contributed by atoms with E-state index in [0.717, 1.165) is 0 Å². The van der Waals surface area contributed by atoms with Crippen LogP contribution in [0.15, 0.2) is 36.4 Å². The number of carbonyl (C=O) groups excluding carboxylic acids is 1. The number of methoxy groups -OCH3 is 1. The van der Waals surface area contributed by atoms with Crippen molar-refractivity contribution in [2.24, 2.45) is 0 Å². The van der Waals surface area contributed by atoms with Crippen LogP contribution in [0.5, 0.6) is 5.75 Å². The number of ether oxygens (including phenoxy) is 1. The van der Waals surface area contributed by atoms with Crippen molar-refractivity contribution in [3.8, 4) is 5.75 Å². The van der Waals surface area contributed by atoms with Crippen molar-refractivity contribution in [2.75, 3.05) is 7.11 Å². The zero-order valence-electron chi connectivity index (χ0n) is 18.6. The number of aliphatic hydroxyl groups is 1. The van der Waals surface area contributed by atoms with Crippen molar-refractivity contribution in [2.45, 2.75) is 56.7 Å². The minimum Gasteiger partial charge on any atom is -0.497 e. The van der Waals surface area contributed by atoms with E-state index in [2.05, 4.69) is 20.6 Å². The van der Waals surface area contributed by atoms with E-state index >= 15 is 0 Å². The molecule has 1 aliphatic rings. The second-order valence-electron chi connectivity index (χ2n) is 8.89. The highest BCUT2D eigenvalue weighted by Crippen LogP contribution is 2.28. The highest BCUT2D eigenvalue weighted by molar-refractivity contribution is 5.76. The van der Waals surface area contributed by atoms with Crippen LogP contribution in [0.25, 0.3) is 11.0 Å². The maximum atomic E-state index is 14.6. The number of nitrogens with one attached hydrogen (secondary N) is 3. The third-order valence-corrected chi connectivity index (χ3v) is 6.18. The van der Waals surface area contributed by atoms with Gasteiger partial charge < -0.3 is 25.5 Å². The molecule has 1 heterocycles. The molecule has 0 spiro atoms. The van der Waals surface area contributed by atoms with Crippen LogP contribution >= 0.6 is 0 Å². The van der Waals surface area contributed by atoms with E-state index in [4.69, 9.17) is 4.74 Å². The molecule has 0 bridgehead atoms. The Morgan fingerprint density at radius 2 is 2.03 bits per heavy atom. The zero-order valence-corrected chi connectivity index (χ0v) is 18.6. The molecule has 33 heavy (non-hydrogen) atoms. The number of rotatable bonds is 6. The van der Waals surface area contributed by atoms with Crippen molar-refractivity contribution >= 4 is 17.1 Å². The monoisotopic (exact) mass is 458 g/mol. The molecule has 2 amide bonds. The van der Waals surface area contributed by atoms with Gasteiger partial charge >= 0.3 is 6.03 Å². The SMILES string of the molecule is COc1ccc(CC(NC(=O)NC2CCC(C)(O)CC2)c2nc3ccc(F)cc3[nH]2)c(F)c1. The van der Waals surface area contributed by atoms with E-state index in [1.165, 1.54) is 25.3 Å². The highest BCUT2D eigenvalue weighted by Gasteiger charge is 2.30. The fourth-order valence-electron chi connectivity index (χ4n) is 4.19. The van der Waals surface area contributed by atoms with Crippen molar-refractivity contribution in [3.63, 3.8) is 0 Å². The second-order valence-corrected chi connectivity index (χ2v) is 8.89. The Labute approximate surface area is 190 Å². The number of imidazole rings is 1. The normalized spacial score (nSPS) is 21.5. The lowest BCUT2D eigenvalue weighted by molar-refractivity contribution is 0.0151. The fourth-order valence-corrected chi connectivity index (χ4v) is 4.19. The molecule has 7 nitrogen and oxygen atoms in total. The van der Waals surface area contributed by atoms with Crippen LogP contribution in [0, 0.1) is 11.6 Å². The third-order valence-electron chi connectivity index (χ3n) is 6.18. The number of halogens is 2. The average Bonchev–Trinajstić information content (AvgIpc) is 3.19. The summed E-state index contributed by atoms with van der Waals surface area (Å²) < 4.78 is 33.3. The number of aromatic nitrogens is 2. The van der Waals surface area contributed by atoms with Gasteiger partial charge in [0.2, 0.25) is 0 Å². The Morgan fingerprint density at radius 1 is 1.27 bits per heavy atom. The molecular formula is C24H28F2N4O3. The van der Waals surface area contributed by atoms with Gasteiger partial charge in [0.1, 0.15) is 23.2 Å². The van der Waals surface area contributed by atoms with Crippen LogP contribution in [-0.4, -0.2) is 39.9 Å². The van der Waals surface area contributed by atoms with Gasteiger partial charge in [-0.05, 0) is 62.4 Å². The van der Waals surface area contributed by atoms with Crippen LogP contribution < -0.4 is 15.4 Å². The number of benzene rings is 2. The maximum Gasteiger partial charge on any atom is 0.315 e. The Kier molecular flexibility index (Phi) is 6.51. The lowest BCUT2D eigenvalue weighted by atomic mass is 9.84. The summed E-state index contributed by atoms with van der Waals surface area (Å²) in [4.78, 5) is 20.3. The summed E-state index contributed by atoms with van der Waals surface area (Å²) in [6.45, 7) is 1.80. The number of fused-ring (bicyclic) bond motifs is 1. The van der Waals surface area contributed by atoms with Crippen LogP contribution in [-0.2, 0) is 6.42 Å². The van der Waals surface area contributed by atoms with Gasteiger partial charge in [-0.25, -0.2) is 18.6 Å². The Hall–Kier alpha value is -3.20. The van der Waals surface area contributed by atoms with Crippen molar-refractivity contribution in [3.05, 3.63) is 59.4 Å². The number of hydrogen-bond acceptors (Lipinski definition) is 4. The molecule has 1 aliphatic carbocycles. The van der Waals surface area contributed by atoms with Crippen LogP contribution in [0.3, 0.4) is 0 Å². The Bertz CT molecular complexity index is 1140. The number of hydrogen-bond donors (Lipinski definition) is 4. The molecular weight excluding hydrogens is 430 g/mol. The first kappa shape index (κ1) is 23.0. The molecule has 2 aromatic carbocycles.